The molecule has 1 aliphatic rings. The maximum atomic E-state index is 12.7. The lowest BCUT2D eigenvalue weighted by Crippen LogP contribution is -2.54. The third kappa shape index (κ3) is 3.73. The lowest BCUT2D eigenvalue weighted by atomic mass is 10.0. The first-order valence-electron chi connectivity index (χ1n) is 10.5. The Labute approximate surface area is 186 Å². The molecule has 2 aromatic carbocycles. The Hall–Kier alpha value is -4.00. The molecule has 32 heavy (non-hydrogen) atoms. The number of hydrogen-bond donors (Lipinski definition) is 0. The molecule has 2 aromatic heterocycles. The molecule has 1 amide bonds. The molecule has 0 unspecified atom stereocenters. The van der Waals surface area contributed by atoms with E-state index in [-0.39, 0.29) is 12.0 Å². The van der Waals surface area contributed by atoms with E-state index in [1.807, 2.05) is 42.5 Å². The van der Waals surface area contributed by atoms with Crippen molar-refractivity contribution in [3.8, 4) is 17.1 Å². The summed E-state index contributed by atoms with van der Waals surface area (Å²) in [6.45, 7) is 1.42. The summed E-state index contributed by atoms with van der Waals surface area (Å²) < 4.78 is 6.20. The smallest absolute Gasteiger partial charge is 0.254 e. The number of para-hydroxylation sites is 1. The molecular weight excluding hydrogens is 402 g/mol. The Balaban J connectivity index is 1.35. The maximum absolute atomic E-state index is 12.7. The summed E-state index contributed by atoms with van der Waals surface area (Å²) in [7, 11) is 3.47. The van der Waals surface area contributed by atoms with Crippen LogP contribution in [0, 0.1) is 0 Å². The Kier molecular flexibility index (Phi) is 5.15. The van der Waals surface area contributed by atoms with Crippen LogP contribution in [0.3, 0.4) is 0 Å². The zero-order valence-corrected chi connectivity index (χ0v) is 18.0. The van der Waals surface area contributed by atoms with Crippen molar-refractivity contribution < 1.29 is 9.53 Å². The fourth-order valence-electron chi connectivity index (χ4n) is 3.80. The number of fused-ring (bicyclic) bond motifs is 1. The van der Waals surface area contributed by atoms with Gasteiger partial charge in [0, 0.05) is 43.0 Å². The third-order valence-corrected chi connectivity index (χ3v) is 5.52. The molecule has 0 N–H and O–H groups in total. The molecule has 0 spiro atoms. The average Bonchev–Trinajstić information content (AvgIpc) is 2.80. The molecule has 0 saturated carbocycles. The Morgan fingerprint density at radius 2 is 1.72 bits per heavy atom. The molecule has 0 radical (unpaired) electrons. The number of pyridine rings is 1. The Morgan fingerprint density at radius 3 is 2.56 bits per heavy atom. The van der Waals surface area contributed by atoms with E-state index in [2.05, 4.69) is 27.0 Å². The van der Waals surface area contributed by atoms with Crippen LogP contribution in [0.2, 0.25) is 0 Å². The fourth-order valence-corrected chi connectivity index (χ4v) is 3.80. The SMILES string of the molecule is CN(C)C(=O)c1ccccc1-c1nccnc1OC1CN(c2ccc3ccccc3n2)C1. The zero-order valence-electron chi connectivity index (χ0n) is 18.0. The number of carbonyl (C=O) groups is 1. The van der Waals surface area contributed by atoms with Crippen molar-refractivity contribution in [3.63, 3.8) is 0 Å². The molecule has 1 aliphatic heterocycles. The van der Waals surface area contributed by atoms with Gasteiger partial charge in [0.05, 0.1) is 18.6 Å². The van der Waals surface area contributed by atoms with Crippen LogP contribution in [0.4, 0.5) is 5.82 Å². The van der Waals surface area contributed by atoms with Crippen molar-refractivity contribution in [1.29, 1.82) is 0 Å². The first kappa shape index (κ1) is 19.9. The normalized spacial score (nSPS) is 13.6. The molecule has 7 heteroatoms. The summed E-state index contributed by atoms with van der Waals surface area (Å²) in [5.74, 6) is 1.28. The van der Waals surface area contributed by atoms with Crippen LogP contribution in [0.15, 0.2) is 73.1 Å². The standard InChI is InChI=1S/C25H23N5O2/c1-29(2)25(31)20-9-5-4-8-19(20)23-24(27-14-13-26-23)32-18-15-30(16-18)22-12-11-17-7-3-6-10-21(17)28-22/h3-14,18H,15-16H2,1-2H3. The molecule has 1 saturated heterocycles. The van der Waals surface area contributed by atoms with Gasteiger partial charge in [0.15, 0.2) is 0 Å². The van der Waals surface area contributed by atoms with Gasteiger partial charge >= 0.3 is 0 Å². The van der Waals surface area contributed by atoms with E-state index in [1.54, 1.807) is 37.5 Å². The summed E-state index contributed by atoms with van der Waals surface area (Å²) >= 11 is 0. The summed E-state index contributed by atoms with van der Waals surface area (Å²) in [4.78, 5) is 30.0. The quantitative estimate of drug-likeness (QED) is 0.486. The summed E-state index contributed by atoms with van der Waals surface area (Å²) in [5, 5.41) is 1.12. The van der Waals surface area contributed by atoms with Gasteiger partial charge in [-0.15, -0.1) is 0 Å². The van der Waals surface area contributed by atoms with Crippen molar-refractivity contribution in [1.82, 2.24) is 19.9 Å². The third-order valence-electron chi connectivity index (χ3n) is 5.52. The summed E-state index contributed by atoms with van der Waals surface area (Å²) in [5.41, 5.74) is 2.83. The van der Waals surface area contributed by atoms with Gasteiger partial charge in [-0.3, -0.25) is 4.79 Å². The first-order chi connectivity index (χ1) is 15.6. The van der Waals surface area contributed by atoms with Crippen molar-refractivity contribution in [3.05, 3.63) is 78.6 Å². The molecule has 0 atom stereocenters. The van der Waals surface area contributed by atoms with E-state index in [1.165, 1.54) is 0 Å². The monoisotopic (exact) mass is 425 g/mol. The highest BCUT2D eigenvalue weighted by atomic mass is 16.5. The molecule has 7 nitrogen and oxygen atoms in total. The van der Waals surface area contributed by atoms with Gasteiger partial charge in [-0.1, -0.05) is 36.4 Å². The Bertz CT molecular complexity index is 1280. The number of amides is 1. The van der Waals surface area contributed by atoms with E-state index in [4.69, 9.17) is 9.72 Å². The van der Waals surface area contributed by atoms with Gasteiger partial charge < -0.3 is 14.5 Å². The largest absolute Gasteiger partial charge is 0.469 e. The van der Waals surface area contributed by atoms with Crippen LogP contribution in [-0.2, 0) is 0 Å². The topological polar surface area (TPSA) is 71.5 Å². The fraction of sp³-hybridized carbons (Fsp3) is 0.200. The number of ether oxygens (including phenoxy) is 1. The average molecular weight is 425 g/mol. The minimum absolute atomic E-state index is 0.0320. The lowest BCUT2D eigenvalue weighted by molar-refractivity contribution is 0.0828. The van der Waals surface area contributed by atoms with Gasteiger partial charge in [-0.05, 0) is 24.3 Å². The minimum Gasteiger partial charge on any atom is -0.469 e. The Morgan fingerprint density at radius 1 is 0.969 bits per heavy atom. The van der Waals surface area contributed by atoms with E-state index < -0.39 is 0 Å². The highest BCUT2D eigenvalue weighted by Crippen LogP contribution is 2.31. The zero-order chi connectivity index (χ0) is 22.1. The first-order valence-corrected chi connectivity index (χ1v) is 10.5. The van der Waals surface area contributed by atoms with Crippen LogP contribution >= 0.6 is 0 Å². The maximum Gasteiger partial charge on any atom is 0.254 e. The van der Waals surface area contributed by atoms with Crippen LogP contribution < -0.4 is 9.64 Å². The van der Waals surface area contributed by atoms with E-state index in [0.29, 0.717) is 35.8 Å². The van der Waals surface area contributed by atoms with Crippen molar-refractivity contribution in [2.75, 3.05) is 32.1 Å². The molecule has 1 fully saturated rings. The van der Waals surface area contributed by atoms with Crippen molar-refractivity contribution in [2.45, 2.75) is 6.10 Å². The van der Waals surface area contributed by atoms with Crippen molar-refractivity contribution in [2.24, 2.45) is 0 Å². The van der Waals surface area contributed by atoms with Crippen LogP contribution in [0.25, 0.3) is 22.2 Å². The van der Waals surface area contributed by atoms with Gasteiger partial charge in [0.2, 0.25) is 5.88 Å². The van der Waals surface area contributed by atoms with Gasteiger partial charge in [0.1, 0.15) is 17.6 Å². The number of carbonyl (C=O) groups excluding carboxylic acids is 1. The number of nitrogens with zero attached hydrogens (tertiary/aromatic N) is 5. The minimum atomic E-state index is -0.0885. The van der Waals surface area contributed by atoms with Gasteiger partial charge in [-0.25, -0.2) is 15.0 Å². The predicted octanol–water partition coefficient (Wildman–Crippen LogP) is 3.66. The van der Waals surface area contributed by atoms with Crippen LogP contribution in [-0.4, -0.2) is 59.0 Å². The number of aromatic nitrogens is 3. The molecule has 5 rings (SSSR count). The summed E-state index contributed by atoms with van der Waals surface area (Å²) in [6.07, 6.45) is 3.19. The lowest BCUT2D eigenvalue weighted by Gasteiger charge is -2.39. The van der Waals surface area contributed by atoms with Crippen LogP contribution in [0.1, 0.15) is 10.4 Å². The highest BCUT2D eigenvalue weighted by molar-refractivity contribution is 6.00. The number of rotatable bonds is 5. The van der Waals surface area contributed by atoms with Crippen molar-refractivity contribution >= 4 is 22.6 Å². The second-order valence-corrected chi connectivity index (χ2v) is 7.96. The second-order valence-electron chi connectivity index (χ2n) is 7.96. The van der Waals surface area contributed by atoms with E-state index in [0.717, 1.165) is 16.7 Å². The molecule has 0 bridgehead atoms. The molecule has 160 valence electrons. The molecule has 0 aliphatic carbocycles. The predicted molar refractivity (Wildman–Crippen MR) is 124 cm³/mol. The highest BCUT2D eigenvalue weighted by Gasteiger charge is 2.31. The van der Waals surface area contributed by atoms with E-state index >= 15 is 0 Å². The van der Waals surface area contributed by atoms with Gasteiger partial charge in [-0.2, -0.15) is 0 Å². The molecular formula is C25H23N5O2. The second kappa shape index (κ2) is 8.26. The van der Waals surface area contributed by atoms with Crippen LogP contribution in [0.5, 0.6) is 5.88 Å². The molecule has 3 heterocycles. The number of benzene rings is 2. The number of hydrogen-bond acceptors (Lipinski definition) is 6. The van der Waals surface area contributed by atoms with Gasteiger partial charge in [0.25, 0.3) is 5.91 Å². The molecule has 4 aromatic rings. The van der Waals surface area contributed by atoms with E-state index in [9.17, 15) is 4.79 Å². The number of anilines is 1. The summed E-state index contributed by atoms with van der Waals surface area (Å²) in [6, 6.07) is 19.6.